The minimum atomic E-state index is -0.789. The fourth-order valence-electron chi connectivity index (χ4n) is 3.55. The zero-order chi connectivity index (χ0) is 18.0. The number of rotatable bonds is 5. The molecule has 136 valence electrons. The lowest BCUT2D eigenvalue weighted by molar-refractivity contribution is -0.130. The van der Waals surface area contributed by atoms with Crippen molar-refractivity contribution in [2.24, 2.45) is 0 Å². The smallest absolute Gasteiger partial charge is 0.325 e. The minimum absolute atomic E-state index is 0.0700. The first-order chi connectivity index (χ1) is 11.9. The van der Waals surface area contributed by atoms with Gasteiger partial charge in [-0.15, -0.1) is 0 Å². The zero-order valence-corrected chi connectivity index (χ0v) is 15.2. The molecule has 0 aliphatic carbocycles. The largest absolute Gasteiger partial charge is 0.368 e. The highest BCUT2D eigenvalue weighted by molar-refractivity contribution is 6.06. The Hall–Kier alpha value is -1.92. The SMILES string of the molecule is C[C@@H]1CN(CCCN2C(=O)NC(C)(C)C2=O)C[C@@H](c2ccccc2)O1. The number of urea groups is 1. The van der Waals surface area contributed by atoms with Crippen LogP contribution in [0.5, 0.6) is 0 Å². The summed E-state index contributed by atoms with van der Waals surface area (Å²) in [6.07, 6.45) is 0.999. The number of amides is 3. The molecule has 1 aromatic carbocycles. The number of nitrogens with one attached hydrogen (secondary N) is 1. The number of nitrogens with zero attached hydrogens (tertiary/aromatic N) is 2. The molecular formula is C19H27N3O3. The summed E-state index contributed by atoms with van der Waals surface area (Å²) in [5.74, 6) is -0.144. The van der Waals surface area contributed by atoms with E-state index in [0.717, 1.165) is 26.1 Å². The van der Waals surface area contributed by atoms with Gasteiger partial charge in [0.05, 0.1) is 12.2 Å². The van der Waals surface area contributed by atoms with Crippen LogP contribution in [0.1, 0.15) is 38.9 Å². The molecule has 2 fully saturated rings. The first-order valence-electron chi connectivity index (χ1n) is 8.93. The Kier molecular flexibility index (Phi) is 5.11. The predicted molar refractivity (Wildman–Crippen MR) is 95.1 cm³/mol. The van der Waals surface area contributed by atoms with Gasteiger partial charge in [-0.1, -0.05) is 30.3 Å². The van der Waals surface area contributed by atoms with Crippen molar-refractivity contribution in [3.63, 3.8) is 0 Å². The lowest BCUT2D eigenvalue weighted by Crippen LogP contribution is -2.44. The molecular weight excluding hydrogens is 318 g/mol. The molecule has 0 radical (unpaired) electrons. The second-order valence-electron chi connectivity index (χ2n) is 7.47. The Balaban J connectivity index is 1.53. The van der Waals surface area contributed by atoms with E-state index < -0.39 is 5.54 Å². The molecule has 6 nitrogen and oxygen atoms in total. The van der Waals surface area contributed by atoms with Gasteiger partial charge in [-0.2, -0.15) is 0 Å². The molecule has 2 aliphatic rings. The van der Waals surface area contributed by atoms with Crippen molar-refractivity contribution in [3.8, 4) is 0 Å². The Morgan fingerprint density at radius 3 is 2.52 bits per heavy atom. The molecule has 2 aliphatic heterocycles. The third kappa shape index (κ3) is 4.02. The normalized spacial score (nSPS) is 26.8. The lowest BCUT2D eigenvalue weighted by atomic mass is 10.1. The van der Waals surface area contributed by atoms with E-state index in [2.05, 4.69) is 29.3 Å². The topological polar surface area (TPSA) is 61.9 Å². The summed E-state index contributed by atoms with van der Waals surface area (Å²) >= 11 is 0. The van der Waals surface area contributed by atoms with Gasteiger partial charge >= 0.3 is 6.03 Å². The first kappa shape index (κ1) is 17.9. The zero-order valence-electron chi connectivity index (χ0n) is 15.2. The maximum Gasteiger partial charge on any atom is 0.325 e. The van der Waals surface area contributed by atoms with Gasteiger partial charge in [-0.3, -0.25) is 14.6 Å². The summed E-state index contributed by atoms with van der Waals surface area (Å²) in [6.45, 7) is 8.56. The minimum Gasteiger partial charge on any atom is -0.368 e. The van der Waals surface area contributed by atoms with Crippen LogP contribution in [0.25, 0.3) is 0 Å². The van der Waals surface area contributed by atoms with E-state index in [4.69, 9.17) is 4.74 Å². The van der Waals surface area contributed by atoms with Crippen molar-refractivity contribution in [3.05, 3.63) is 35.9 Å². The van der Waals surface area contributed by atoms with Crippen molar-refractivity contribution >= 4 is 11.9 Å². The van der Waals surface area contributed by atoms with Crippen LogP contribution in [0.4, 0.5) is 4.79 Å². The van der Waals surface area contributed by atoms with Gasteiger partial charge in [0.15, 0.2) is 0 Å². The highest BCUT2D eigenvalue weighted by Crippen LogP contribution is 2.25. The van der Waals surface area contributed by atoms with Crippen LogP contribution in [0.3, 0.4) is 0 Å². The highest BCUT2D eigenvalue weighted by atomic mass is 16.5. The molecule has 2 heterocycles. The van der Waals surface area contributed by atoms with Crippen LogP contribution < -0.4 is 5.32 Å². The van der Waals surface area contributed by atoms with E-state index in [1.54, 1.807) is 13.8 Å². The number of hydrogen-bond acceptors (Lipinski definition) is 4. The Morgan fingerprint density at radius 1 is 1.16 bits per heavy atom. The second kappa shape index (κ2) is 7.14. The highest BCUT2D eigenvalue weighted by Gasteiger charge is 2.43. The van der Waals surface area contributed by atoms with E-state index in [-0.39, 0.29) is 24.1 Å². The summed E-state index contributed by atoms with van der Waals surface area (Å²) in [6, 6.07) is 9.97. The summed E-state index contributed by atoms with van der Waals surface area (Å²) in [4.78, 5) is 27.8. The fourth-order valence-corrected chi connectivity index (χ4v) is 3.55. The third-order valence-electron chi connectivity index (χ3n) is 4.81. The number of carbonyl (C=O) groups is 2. The second-order valence-corrected chi connectivity index (χ2v) is 7.47. The number of hydrogen-bond donors (Lipinski definition) is 1. The monoisotopic (exact) mass is 345 g/mol. The third-order valence-corrected chi connectivity index (χ3v) is 4.81. The van der Waals surface area contributed by atoms with Crippen LogP contribution in [-0.4, -0.2) is 59.6 Å². The molecule has 2 saturated heterocycles. The van der Waals surface area contributed by atoms with Gasteiger partial charge < -0.3 is 10.1 Å². The quantitative estimate of drug-likeness (QED) is 0.831. The molecule has 1 N–H and O–H groups in total. The van der Waals surface area contributed by atoms with Crippen molar-refractivity contribution in [2.45, 2.75) is 44.9 Å². The number of carbonyl (C=O) groups excluding carboxylic acids is 2. The van der Waals surface area contributed by atoms with Gasteiger partial charge in [-0.05, 0) is 32.8 Å². The van der Waals surface area contributed by atoms with Crippen LogP contribution in [0.15, 0.2) is 30.3 Å². The van der Waals surface area contributed by atoms with Crippen LogP contribution in [-0.2, 0) is 9.53 Å². The molecule has 3 amide bonds. The molecule has 0 saturated carbocycles. The Labute approximate surface area is 149 Å². The number of ether oxygens (including phenoxy) is 1. The molecule has 0 bridgehead atoms. The van der Waals surface area contributed by atoms with E-state index in [1.165, 1.54) is 10.5 Å². The molecule has 6 heteroatoms. The van der Waals surface area contributed by atoms with Crippen molar-refractivity contribution < 1.29 is 14.3 Å². The predicted octanol–water partition coefficient (Wildman–Crippen LogP) is 2.17. The first-order valence-corrected chi connectivity index (χ1v) is 8.93. The fraction of sp³-hybridized carbons (Fsp3) is 0.579. The van der Waals surface area contributed by atoms with Crippen molar-refractivity contribution in [1.82, 2.24) is 15.1 Å². The molecule has 0 aromatic heterocycles. The van der Waals surface area contributed by atoms with E-state index in [9.17, 15) is 9.59 Å². The van der Waals surface area contributed by atoms with Crippen LogP contribution >= 0.6 is 0 Å². The Bertz CT molecular complexity index is 632. The molecule has 0 spiro atoms. The van der Waals surface area contributed by atoms with Gasteiger partial charge in [-0.25, -0.2) is 4.79 Å². The summed E-state index contributed by atoms with van der Waals surface area (Å²) < 4.78 is 6.07. The molecule has 0 unspecified atom stereocenters. The summed E-state index contributed by atoms with van der Waals surface area (Å²) in [5, 5.41) is 2.72. The standard InChI is InChI=1S/C19H27N3O3/c1-14-12-21(13-16(25-14)15-8-5-4-6-9-15)10-7-11-22-17(23)19(2,3)20-18(22)24/h4-6,8-9,14,16H,7,10-13H2,1-3H3,(H,20,24)/t14-,16+/m1/s1. The average Bonchev–Trinajstić information content (AvgIpc) is 2.77. The van der Waals surface area contributed by atoms with Gasteiger partial charge in [0, 0.05) is 26.2 Å². The average molecular weight is 345 g/mol. The molecule has 2 atom stereocenters. The van der Waals surface area contributed by atoms with E-state index in [0.29, 0.717) is 6.54 Å². The summed E-state index contributed by atoms with van der Waals surface area (Å²) in [7, 11) is 0. The van der Waals surface area contributed by atoms with Crippen molar-refractivity contribution in [2.75, 3.05) is 26.2 Å². The molecule has 3 rings (SSSR count). The van der Waals surface area contributed by atoms with Gasteiger partial charge in [0.1, 0.15) is 5.54 Å². The van der Waals surface area contributed by atoms with Crippen LogP contribution in [0, 0.1) is 0 Å². The molecule has 1 aromatic rings. The lowest BCUT2D eigenvalue weighted by Gasteiger charge is -2.37. The van der Waals surface area contributed by atoms with Gasteiger partial charge in [0.25, 0.3) is 5.91 Å². The van der Waals surface area contributed by atoms with Crippen LogP contribution in [0.2, 0.25) is 0 Å². The Morgan fingerprint density at radius 2 is 1.88 bits per heavy atom. The van der Waals surface area contributed by atoms with Gasteiger partial charge in [0.2, 0.25) is 0 Å². The number of morpholine rings is 1. The van der Waals surface area contributed by atoms with Crippen molar-refractivity contribution in [1.29, 1.82) is 0 Å². The van der Waals surface area contributed by atoms with E-state index >= 15 is 0 Å². The van der Waals surface area contributed by atoms with E-state index in [1.807, 2.05) is 18.2 Å². The number of imide groups is 1. The number of benzene rings is 1. The maximum absolute atomic E-state index is 12.2. The summed E-state index contributed by atoms with van der Waals surface area (Å²) in [5.41, 5.74) is 0.401. The maximum atomic E-state index is 12.2. The molecule has 25 heavy (non-hydrogen) atoms.